The van der Waals surface area contributed by atoms with E-state index in [2.05, 4.69) is 0 Å². The van der Waals surface area contributed by atoms with Gasteiger partial charge in [0.25, 0.3) is 0 Å². The topological polar surface area (TPSA) is 40.5 Å². The van der Waals surface area contributed by atoms with Crippen LogP contribution in [0.4, 0.5) is 0 Å². The molecule has 1 N–H and O–H groups in total. The van der Waals surface area contributed by atoms with E-state index >= 15 is 0 Å². The number of hydrogen-bond donors (Lipinski definition) is 1. The lowest BCUT2D eigenvalue weighted by Gasteiger charge is -2.25. The van der Waals surface area contributed by atoms with Crippen LogP contribution in [0.5, 0.6) is 0 Å². The fourth-order valence-electron chi connectivity index (χ4n) is 1.53. The van der Waals surface area contributed by atoms with E-state index in [1.165, 1.54) is 11.3 Å². The number of aliphatic carboxylic acids is 1. The Bertz CT molecular complexity index is 280. The summed E-state index contributed by atoms with van der Waals surface area (Å²) in [6.45, 7) is 5.46. The molecule has 1 atom stereocenters. The van der Waals surface area contributed by atoms with E-state index in [0.717, 1.165) is 18.7 Å². The SMILES string of the molecule is CCN(CC)C(C(=O)O)c1ccsc1. The highest BCUT2D eigenvalue weighted by Gasteiger charge is 2.25. The molecule has 1 aromatic rings. The molecule has 1 rings (SSSR count). The molecule has 0 amide bonds. The number of carbonyl (C=O) groups is 1. The zero-order valence-corrected chi connectivity index (χ0v) is 9.25. The van der Waals surface area contributed by atoms with Gasteiger partial charge in [0.15, 0.2) is 0 Å². The summed E-state index contributed by atoms with van der Waals surface area (Å²) >= 11 is 1.53. The molecule has 1 heterocycles. The van der Waals surface area contributed by atoms with Gasteiger partial charge < -0.3 is 5.11 Å². The quantitative estimate of drug-likeness (QED) is 0.815. The molecule has 3 nitrogen and oxygen atoms in total. The Balaban J connectivity index is 2.89. The Morgan fingerprint density at radius 3 is 2.57 bits per heavy atom. The highest BCUT2D eigenvalue weighted by molar-refractivity contribution is 7.08. The van der Waals surface area contributed by atoms with Crippen LogP contribution in [0.2, 0.25) is 0 Å². The van der Waals surface area contributed by atoms with Gasteiger partial charge in [-0.15, -0.1) is 0 Å². The van der Waals surface area contributed by atoms with Gasteiger partial charge in [0.05, 0.1) is 0 Å². The van der Waals surface area contributed by atoms with Gasteiger partial charge in [-0.05, 0) is 35.5 Å². The zero-order chi connectivity index (χ0) is 10.6. The van der Waals surface area contributed by atoms with Crippen molar-refractivity contribution in [3.63, 3.8) is 0 Å². The van der Waals surface area contributed by atoms with Crippen LogP contribution >= 0.6 is 11.3 Å². The Morgan fingerprint density at radius 2 is 2.21 bits per heavy atom. The van der Waals surface area contributed by atoms with Crippen LogP contribution in [0.15, 0.2) is 16.8 Å². The van der Waals surface area contributed by atoms with Gasteiger partial charge in [-0.2, -0.15) is 11.3 Å². The Labute approximate surface area is 88.0 Å². The van der Waals surface area contributed by atoms with Gasteiger partial charge in [0, 0.05) is 0 Å². The zero-order valence-electron chi connectivity index (χ0n) is 8.43. The highest BCUT2D eigenvalue weighted by Crippen LogP contribution is 2.22. The molecule has 0 saturated heterocycles. The molecule has 78 valence electrons. The normalized spacial score (nSPS) is 13.1. The van der Waals surface area contributed by atoms with Crippen LogP contribution in [0.1, 0.15) is 25.5 Å². The molecular weight excluding hydrogens is 198 g/mol. The van der Waals surface area contributed by atoms with E-state index in [1.807, 2.05) is 35.6 Å². The van der Waals surface area contributed by atoms with Crippen molar-refractivity contribution in [2.24, 2.45) is 0 Å². The first-order valence-corrected chi connectivity index (χ1v) is 5.63. The monoisotopic (exact) mass is 213 g/mol. The van der Waals surface area contributed by atoms with Crippen LogP contribution in [0, 0.1) is 0 Å². The first kappa shape index (κ1) is 11.2. The first-order valence-electron chi connectivity index (χ1n) is 4.69. The minimum Gasteiger partial charge on any atom is -0.480 e. The van der Waals surface area contributed by atoms with Crippen molar-refractivity contribution in [1.82, 2.24) is 4.90 Å². The van der Waals surface area contributed by atoms with E-state index in [-0.39, 0.29) is 0 Å². The molecule has 0 aliphatic carbocycles. The van der Waals surface area contributed by atoms with Gasteiger partial charge in [-0.25, -0.2) is 0 Å². The third-order valence-electron chi connectivity index (χ3n) is 2.27. The predicted molar refractivity (Wildman–Crippen MR) is 57.6 cm³/mol. The summed E-state index contributed by atoms with van der Waals surface area (Å²) in [4.78, 5) is 13.1. The lowest BCUT2D eigenvalue weighted by molar-refractivity contribution is -0.143. The number of rotatable bonds is 5. The van der Waals surface area contributed by atoms with Gasteiger partial charge in [0.2, 0.25) is 0 Å². The summed E-state index contributed by atoms with van der Waals surface area (Å²) in [6, 6.07) is 1.39. The maximum Gasteiger partial charge on any atom is 0.325 e. The van der Waals surface area contributed by atoms with Crippen LogP contribution in [0.3, 0.4) is 0 Å². The van der Waals surface area contributed by atoms with Gasteiger partial charge in [-0.1, -0.05) is 13.8 Å². The summed E-state index contributed by atoms with van der Waals surface area (Å²) < 4.78 is 0. The summed E-state index contributed by atoms with van der Waals surface area (Å²) in [7, 11) is 0. The molecule has 0 aliphatic rings. The molecule has 0 saturated carbocycles. The summed E-state index contributed by atoms with van der Waals surface area (Å²) in [5.74, 6) is -0.771. The van der Waals surface area contributed by atoms with E-state index in [0.29, 0.717) is 0 Å². The molecule has 4 heteroatoms. The number of likely N-dealkylation sites (N-methyl/N-ethyl adjacent to an activating group) is 1. The smallest absolute Gasteiger partial charge is 0.325 e. The van der Waals surface area contributed by atoms with Crippen molar-refractivity contribution in [2.75, 3.05) is 13.1 Å². The standard InChI is InChI=1S/C10H15NO2S/c1-3-11(4-2)9(10(12)13)8-5-6-14-7-8/h5-7,9H,3-4H2,1-2H3,(H,12,13). The van der Waals surface area contributed by atoms with E-state index in [4.69, 9.17) is 5.11 Å². The Morgan fingerprint density at radius 1 is 1.57 bits per heavy atom. The fraction of sp³-hybridized carbons (Fsp3) is 0.500. The Kier molecular flexibility index (Phi) is 4.10. The average Bonchev–Trinajstić information content (AvgIpc) is 2.65. The van der Waals surface area contributed by atoms with Gasteiger partial charge >= 0.3 is 5.97 Å². The second-order valence-electron chi connectivity index (χ2n) is 3.02. The van der Waals surface area contributed by atoms with Crippen molar-refractivity contribution >= 4 is 17.3 Å². The second-order valence-corrected chi connectivity index (χ2v) is 3.80. The van der Waals surface area contributed by atoms with Crippen LogP contribution < -0.4 is 0 Å². The lowest BCUT2D eigenvalue weighted by Crippen LogP contribution is -2.33. The minimum absolute atomic E-state index is 0.490. The molecular formula is C10H15NO2S. The largest absolute Gasteiger partial charge is 0.480 e. The summed E-state index contributed by atoms with van der Waals surface area (Å²) in [5, 5.41) is 13.0. The Hall–Kier alpha value is -0.870. The summed E-state index contributed by atoms with van der Waals surface area (Å²) in [6.07, 6.45) is 0. The van der Waals surface area contributed by atoms with E-state index < -0.39 is 12.0 Å². The number of hydrogen-bond acceptors (Lipinski definition) is 3. The van der Waals surface area contributed by atoms with Crippen LogP contribution in [-0.4, -0.2) is 29.1 Å². The van der Waals surface area contributed by atoms with Gasteiger partial charge in [-0.3, -0.25) is 9.69 Å². The van der Waals surface area contributed by atoms with E-state index in [9.17, 15) is 4.79 Å². The number of carboxylic acid groups (broad SMARTS) is 1. The molecule has 0 spiro atoms. The van der Waals surface area contributed by atoms with E-state index in [1.54, 1.807) is 0 Å². The van der Waals surface area contributed by atoms with Crippen molar-refractivity contribution in [2.45, 2.75) is 19.9 Å². The number of thiophene rings is 1. The molecule has 0 bridgehead atoms. The van der Waals surface area contributed by atoms with Crippen LogP contribution in [0.25, 0.3) is 0 Å². The molecule has 0 radical (unpaired) electrons. The molecule has 0 aromatic carbocycles. The minimum atomic E-state index is -0.771. The first-order chi connectivity index (χ1) is 6.70. The van der Waals surface area contributed by atoms with Crippen molar-refractivity contribution < 1.29 is 9.90 Å². The average molecular weight is 213 g/mol. The van der Waals surface area contributed by atoms with Gasteiger partial charge in [0.1, 0.15) is 6.04 Å². The number of carboxylic acids is 1. The maximum atomic E-state index is 11.1. The lowest BCUT2D eigenvalue weighted by atomic mass is 10.1. The van der Waals surface area contributed by atoms with Crippen molar-refractivity contribution in [3.05, 3.63) is 22.4 Å². The fourth-order valence-corrected chi connectivity index (χ4v) is 2.21. The maximum absolute atomic E-state index is 11.1. The third-order valence-corrected chi connectivity index (χ3v) is 2.97. The molecule has 0 fully saturated rings. The third kappa shape index (κ3) is 2.33. The van der Waals surface area contributed by atoms with Crippen LogP contribution in [-0.2, 0) is 4.79 Å². The van der Waals surface area contributed by atoms with Crippen molar-refractivity contribution in [3.8, 4) is 0 Å². The summed E-state index contributed by atoms with van der Waals surface area (Å²) in [5.41, 5.74) is 0.881. The second kappa shape index (κ2) is 5.12. The number of nitrogens with zero attached hydrogens (tertiary/aromatic N) is 1. The molecule has 1 aromatic heterocycles. The molecule has 14 heavy (non-hydrogen) atoms. The predicted octanol–water partition coefficient (Wildman–Crippen LogP) is 2.22. The molecule has 1 unspecified atom stereocenters. The van der Waals surface area contributed by atoms with Crippen molar-refractivity contribution in [1.29, 1.82) is 0 Å². The molecule has 0 aliphatic heterocycles. The highest BCUT2D eigenvalue weighted by atomic mass is 32.1.